The van der Waals surface area contributed by atoms with Gasteiger partial charge in [0.05, 0.1) is 0 Å². The first-order valence-corrected chi connectivity index (χ1v) is 8.67. The van der Waals surface area contributed by atoms with Crippen molar-refractivity contribution in [1.82, 2.24) is 9.38 Å². The third-order valence-corrected chi connectivity index (χ3v) is 4.28. The van der Waals surface area contributed by atoms with Crippen LogP contribution in [0.5, 0.6) is 0 Å². The summed E-state index contributed by atoms with van der Waals surface area (Å²) in [5.41, 5.74) is 4.25. The highest BCUT2D eigenvalue weighted by Gasteiger charge is 2.19. The molecule has 0 aliphatic rings. The summed E-state index contributed by atoms with van der Waals surface area (Å²) < 4.78 is 2.16. The number of hydrogen-bond acceptors (Lipinski definition) is 2. The number of rotatable bonds is 2. The van der Waals surface area contributed by atoms with Crippen LogP contribution in [0.15, 0.2) is 60.8 Å². The maximum Gasteiger partial charge on any atom is 0.139 e. The fraction of sp³-hybridized carbons (Fsp3) is 0.227. The molecule has 3 nitrogen and oxygen atoms in total. The molecule has 0 fully saturated rings. The zero-order chi connectivity index (χ0) is 17.6. The minimum Gasteiger partial charge on any atom is -0.365 e. The van der Waals surface area contributed by atoms with E-state index in [1.54, 1.807) is 0 Å². The van der Waals surface area contributed by atoms with Gasteiger partial charge in [-0.05, 0) is 56.2 Å². The maximum absolute atomic E-state index is 4.92. The predicted octanol–water partition coefficient (Wildman–Crippen LogP) is 5.67. The number of hydrogen-bond donors (Lipinski definition) is 1. The van der Waals surface area contributed by atoms with Crippen molar-refractivity contribution in [3.63, 3.8) is 0 Å². The molecular formula is C22H23N3. The average molecular weight is 329 g/mol. The molecule has 3 heteroatoms. The van der Waals surface area contributed by atoms with Crippen molar-refractivity contribution < 1.29 is 0 Å². The van der Waals surface area contributed by atoms with Gasteiger partial charge in [-0.1, -0.05) is 42.5 Å². The van der Waals surface area contributed by atoms with Gasteiger partial charge in [-0.3, -0.25) is 4.40 Å². The molecule has 0 amide bonds. The lowest BCUT2D eigenvalue weighted by molar-refractivity contribution is 0.629. The summed E-state index contributed by atoms with van der Waals surface area (Å²) in [5.74, 6) is 1.04. The lowest BCUT2D eigenvalue weighted by atomic mass is 10.0. The molecule has 0 bridgehead atoms. The van der Waals surface area contributed by atoms with Crippen LogP contribution < -0.4 is 5.32 Å². The SMILES string of the molecule is Cc1ccc2nc(-c3ccc4ccccc4c3)c(NC(C)(C)C)n2c1. The highest BCUT2D eigenvalue weighted by atomic mass is 15.2. The van der Waals surface area contributed by atoms with E-state index in [-0.39, 0.29) is 5.54 Å². The number of benzene rings is 2. The smallest absolute Gasteiger partial charge is 0.139 e. The highest BCUT2D eigenvalue weighted by Crippen LogP contribution is 2.32. The Morgan fingerprint density at radius 1 is 0.920 bits per heavy atom. The summed E-state index contributed by atoms with van der Waals surface area (Å²) in [7, 11) is 0. The minimum absolute atomic E-state index is 0.0503. The quantitative estimate of drug-likeness (QED) is 0.513. The molecular weight excluding hydrogens is 306 g/mol. The molecule has 2 heterocycles. The number of nitrogens with zero attached hydrogens (tertiary/aromatic N) is 2. The minimum atomic E-state index is -0.0503. The second-order valence-corrected chi connectivity index (χ2v) is 7.68. The number of imidazole rings is 1. The summed E-state index contributed by atoms with van der Waals surface area (Å²) in [6.07, 6.45) is 2.14. The molecule has 0 unspecified atom stereocenters. The Morgan fingerprint density at radius 3 is 2.44 bits per heavy atom. The fourth-order valence-corrected chi connectivity index (χ4v) is 3.16. The molecule has 2 aromatic carbocycles. The Labute approximate surface area is 148 Å². The second-order valence-electron chi connectivity index (χ2n) is 7.68. The Bertz CT molecular complexity index is 1070. The monoisotopic (exact) mass is 329 g/mol. The van der Waals surface area contributed by atoms with Crippen molar-refractivity contribution in [1.29, 1.82) is 0 Å². The first-order valence-electron chi connectivity index (χ1n) is 8.67. The molecule has 2 aromatic heterocycles. The lowest BCUT2D eigenvalue weighted by Gasteiger charge is -2.22. The first kappa shape index (κ1) is 15.7. The number of aromatic nitrogens is 2. The number of anilines is 1. The van der Waals surface area contributed by atoms with Gasteiger partial charge >= 0.3 is 0 Å². The van der Waals surface area contributed by atoms with Gasteiger partial charge in [0.2, 0.25) is 0 Å². The molecule has 126 valence electrons. The van der Waals surface area contributed by atoms with E-state index in [1.807, 2.05) is 0 Å². The summed E-state index contributed by atoms with van der Waals surface area (Å²) in [6, 6.07) is 19.2. The molecule has 25 heavy (non-hydrogen) atoms. The van der Waals surface area contributed by atoms with Gasteiger partial charge in [0, 0.05) is 17.3 Å². The van der Waals surface area contributed by atoms with Gasteiger partial charge in [0.15, 0.2) is 0 Å². The average Bonchev–Trinajstić information content (AvgIpc) is 2.91. The van der Waals surface area contributed by atoms with Crippen LogP contribution in [0, 0.1) is 6.92 Å². The number of aryl methyl sites for hydroxylation is 1. The van der Waals surface area contributed by atoms with Gasteiger partial charge in [0.1, 0.15) is 17.2 Å². The third kappa shape index (κ3) is 2.98. The van der Waals surface area contributed by atoms with E-state index in [1.165, 1.54) is 16.3 Å². The van der Waals surface area contributed by atoms with Crippen molar-refractivity contribution in [2.45, 2.75) is 33.2 Å². The van der Waals surface area contributed by atoms with Crippen LogP contribution in [0.3, 0.4) is 0 Å². The summed E-state index contributed by atoms with van der Waals surface area (Å²) >= 11 is 0. The van der Waals surface area contributed by atoms with Crippen molar-refractivity contribution >= 4 is 22.2 Å². The molecule has 4 rings (SSSR count). The van der Waals surface area contributed by atoms with E-state index in [9.17, 15) is 0 Å². The topological polar surface area (TPSA) is 29.3 Å². The van der Waals surface area contributed by atoms with Crippen LogP contribution in [0.25, 0.3) is 27.7 Å². The van der Waals surface area contributed by atoms with E-state index in [2.05, 4.69) is 98.2 Å². The molecule has 0 aliphatic heterocycles. The van der Waals surface area contributed by atoms with Gasteiger partial charge in [0.25, 0.3) is 0 Å². The molecule has 0 saturated carbocycles. The molecule has 0 radical (unpaired) electrons. The number of fused-ring (bicyclic) bond motifs is 2. The van der Waals surface area contributed by atoms with E-state index < -0.39 is 0 Å². The van der Waals surface area contributed by atoms with E-state index in [0.29, 0.717) is 0 Å². The standard InChI is InChI=1S/C22H23N3/c1-15-9-12-19-23-20(21(25(19)14-15)24-22(2,3)4)18-11-10-16-7-5-6-8-17(16)13-18/h5-14,24H,1-4H3. The van der Waals surface area contributed by atoms with Crippen molar-refractivity contribution in [3.8, 4) is 11.3 Å². The first-order chi connectivity index (χ1) is 11.9. The van der Waals surface area contributed by atoms with Crippen LogP contribution in [-0.2, 0) is 0 Å². The van der Waals surface area contributed by atoms with E-state index in [4.69, 9.17) is 4.98 Å². The van der Waals surface area contributed by atoms with Crippen LogP contribution >= 0.6 is 0 Å². The molecule has 0 aliphatic carbocycles. The summed E-state index contributed by atoms with van der Waals surface area (Å²) in [6.45, 7) is 8.63. The van der Waals surface area contributed by atoms with Gasteiger partial charge in [-0.25, -0.2) is 4.98 Å². The van der Waals surface area contributed by atoms with E-state index >= 15 is 0 Å². The zero-order valence-electron chi connectivity index (χ0n) is 15.2. The largest absolute Gasteiger partial charge is 0.365 e. The fourth-order valence-electron chi connectivity index (χ4n) is 3.16. The normalized spacial score (nSPS) is 12.0. The maximum atomic E-state index is 4.92. The Kier molecular flexibility index (Phi) is 3.53. The predicted molar refractivity (Wildman–Crippen MR) is 106 cm³/mol. The van der Waals surface area contributed by atoms with Crippen LogP contribution in [0.1, 0.15) is 26.3 Å². The van der Waals surface area contributed by atoms with E-state index in [0.717, 1.165) is 22.7 Å². The molecule has 0 saturated heterocycles. The third-order valence-electron chi connectivity index (χ3n) is 4.28. The molecule has 0 spiro atoms. The van der Waals surface area contributed by atoms with Gasteiger partial charge in [-0.15, -0.1) is 0 Å². The number of nitrogens with one attached hydrogen (secondary N) is 1. The van der Waals surface area contributed by atoms with Gasteiger partial charge in [-0.2, -0.15) is 0 Å². The van der Waals surface area contributed by atoms with Crippen molar-refractivity contribution in [2.24, 2.45) is 0 Å². The van der Waals surface area contributed by atoms with Crippen LogP contribution in [0.2, 0.25) is 0 Å². The zero-order valence-corrected chi connectivity index (χ0v) is 15.2. The van der Waals surface area contributed by atoms with Crippen molar-refractivity contribution in [3.05, 3.63) is 66.4 Å². The summed E-state index contributed by atoms with van der Waals surface area (Å²) in [4.78, 5) is 4.92. The lowest BCUT2D eigenvalue weighted by Crippen LogP contribution is -2.27. The van der Waals surface area contributed by atoms with Crippen molar-refractivity contribution in [2.75, 3.05) is 5.32 Å². The van der Waals surface area contributed by atoms with Crippen LogP contribution in [-0.4, -0.2) is 14.9 Å². The second kappa shape index (κ2) is 5.62. The highest BCUT2D eigenvalue weighted by molar-refractivity contribution is 5.89. The molecule has 1 N–H and O–H groups in total. The van der Waals surface area contributed by atoms with Gasteiger partial charge < -0.3 is 5.32 Å². The Balaban J connectivity index is 1.96. The molecule has 4 aromatic rings. The molecule has 0 atom stereocenters. The Hall–Kier alpha value is -2.81. The summed E-state index contributed by atoms with van der Waals surface area (Å²) in [5, 5.41) is 6.12. The van der Waals surface area contributed by atoms with Crippen LogP contribution in [0.4, 0.5) is 5.82 Å². The Morgan fingerprint density at radius 2 is 1.68 bits per heavy atom. The number of pyridine rings is 1.